The number of amides is 1. The van der Waals surface area contributed by atoms with E-state index in [1.807, 2.05) is 19.1 Å². The SMILES string of the molecule is CCc1ccc(/C=C/C(=O)Nc2ccc(C(C)=O)cc2)o1. The molecule has 0 bridgehead atoms. The van der Waals surface area contributed by atoms with Gasteiger partial charge in [-0.1, -0.05) is 6.92 Å². The van der Waals surface area contributed by atoms with Gasteiger partial charge in [-0.05, 0) is 49.4 Å². The fraction of sp³-hybridized carbons (Fsp3) is 0.176. The highest BCUT2D eigenvalue weighted by Crippen LogP contribution is 2.12. The molecule has 0 unspecified atom stereocenters. The fourth-order valence-electron chi connectivity index (χ4n) is 1.80. The Morgan fingerprint density at radius 2 is 1.86 bits per heavy atom. The number of hydrogen-bond donors (Lipinski definition) is 1. The Hall–Kier alpha value is -2.62. The molecule has 0 radical (unpaired) electrons. The number of benzene rings is 1. The molecule has 1 aromatic carbocycles. The van der Waals surface area contributed by atoms with Gasteiger partial charge in [0.05, 0.1) is 0 Å². The third-order valence-electron chi connectivity index (χ3n) is 2.99. The second-order valence-electron chi connectivity index (χ2n) is 4.61. The lowest BCUT2D eigenvalue weighted by molar-refractivity contribution is -0.111. The van der Waals surface area contributed by atoms with E-state index in [-0.39, 0.29) is 11.7 Å². The summed E-state index contributed by atoms with van der Waals surface area (Å²) in [5.41, 5.74) is 1.26. The van der Waals surface area contributed by atoms with E-state index in [9.17, 15) is 9.59 Å². The van der Waals surface area contributed by atoms with Crippen molar-refractivity contribution in [1.29, 1.82) is 0 Å². The molecule has 2 aromatic rings. The van der Waals surface area contributed by atoms with Crippen LogP contribution in [0.1, 0.15) is 35.7 Å². The zero-order valence-corrected chi connectivity index (χ0v) is 12.1. The smallest absolute Gasteiger partial charge is 0.248 e. The zero-order valence-electron chi connectivity index (χ0n) is 12.1. The number of rotatable bonds is 5. The largest absolute Gasteiger partial charge is 0.462 e. The van der Waals surface area contributed by atoms with Crippen LogP contribution in [0.2, 0.25) is 0 Å². The van der Waals surface area contributed by atoms with Crippen LogP contribution in [-0.2, 0) is 11.2 Å². The van der Waals surface area contributed by atoms with Crippen molar-refractivity contribution in [2.24, 2.45) is 0 Å². The molecule has 21 heavy (non-hydrogen) atoms. The minimum Gasteiger partial charge on any atom is -0.462 e. The molecule has 4 heteroatoms. The number of furan rings is 1. The summed E-state index contributed by atoms with van der Waals surface area (Å²) in [6.07, 6.45) is 3.86. The van der Waals surface area contributed by atoms with Crippen molar-refractivity contribution in [3.05, 3.63) is 59.6 Å². The van der Waals surface area contributed by atoms with Gasteiger partial charge >= 0.3 is 0 Å². The summed E-state index contributed by atoms with van der Waals surface area (Å²) in [6, 6.07) is 10.5. The monoisotopic (exact) mass is 283 g/mol. The van der Waals surface area contributed by atoms with Gasteiger partial charge < -0.3 is 9.73 Å². The Bertz CT molecular complexity index is 666. The summed E-state index contributed by atoms with van der Waals surface area (Å²) in [5.74, 6) is 1.28. The van der Waals surface area contributed by atoms with Crippen LogP contribution < -0.4 is 5.32 Å². The van der Waals surface area contributed by atoms with Crippen LogP contribution in [0, 0.1) is 0 Å². The second kappa shape index (κ2) is 6.70. The molecule has 2 rings (SSSR count). The topological polar surface area (TPSA) is 59.3 Å². The molecule has 0 aliphatic carbocycles. The van der Waals surface area contributed by atoms with Crippen molar-refractivity contribution in [2.75, 3.05) is 5.32 Å². The maximum absolute atomic E-state index is 11.8. The number of aryl methyl sites for hydroxylation is 1. The van der Waals surface area contributed by atoms with E-state index >= 15 is 0 Å². The Kier molecular flexibility index (Phi) is 4.72. The van der Waals surface area contributed by atoms with E-state index < -0.39 is 0 Å². The van der Waals surface area contributed by atoms with Crippen LogP contribution in [0.15, 0.2) is 46.9 Å². The fourth-order valence-corrected chi connectivity index (χ4v) is 1.80. The van der Waals surface area contributed by atoms with Gasteiger partial charge in [0.1, 0.15) is 11.5 Å². The average Bonchev–Trinajstić information content (AvgIpc) is 2.94. The van der Waals surface area contributed by atoms with E-state index in [0.29, 0.717) is 17.0 Å². The van der Waals surface area contributed by atoms with Gasteiger partial charge in [0, 0.05) is 23.7 Å². The second-order valence-corrected chi connectivity index (χ2v) is 4.61. The van der Waals surface area contributed by atoms with Crippen LogP contribution in [0.4, 0.5) is 5.69 Å². The molecular weight excluding hydrogens is 266 g/mol. The predicted octanol–water partition coefficient (Wildman–Crippen LogP) is 3.70. The minimum atomic E-state index is -0.250. The molecule has 1 heterocycles. The lowest BCUT2D eigenvalue weighted by atomic mass is 10.1. The van der Waals surface area contributed by atoms with Crippen molar-refractivity contribution < 1.29 is 14.0 Å². The highest BCUT2D eigenvalue weighted by Gasteiger charge is 2.02. The Morgan fingerprint density at radius 1 is 1.14 bits per heavy atom. The van der Waals surface area contributed by atoms with E-state index in [1.54, 1.807) is 30.3 Å². The molecule has 4 nitrogen and oxygen atoms in total. The van der Waals surface area contributed by atoms with Crippen molar-refractivity contribution in [2.45, 2.75) is 20.3 Å². The normalized spacial score (nSPS) is 10.8. The first-order valence-corrected chi connectivity index (χ1v) is 6.77. The molecule has 1 N–H and O–H groups in total. The van der Waals surface area contributed by atoms with E-state index in [1.165, 1.54) is 13.0 Å². The molecule has 0 fully saturated rings. The van der Waals surface area contributed by atoms with Gasteiger partial charge in [-0.15, -0.1) is 0 Å². The Morgan fingerprint density at radius 3 is 2.43 bits per heavy atom. The lowest BCUT2D eigenvalue weighted by Gasteiger charge is -2.02. The lowest BCUT2D eigenvalue weighted by Crippen LogP contribution is -2.07. The molecule has 1 aromatic heterocycles. The van der Waals surface area contributed by atoms with E-state index in [4.69, 9.17) is 4.42 Å². The van der Waals surface area contributed by atoms with Crippen LogP contribution in [0.3, 0.4) is 0 Å². The molecule has 0 aliphatic heterocycles. The van der Waals surface area contributed by atoms with Crippen LogP contribution >= 0.6 is 0 Å². The first-order chi connectivity index (χ1) is 10.1. The van der Waals surface area contributed by atoms with Gasteiger partial charge in [0.15, 0.2) is 5.78 Å². The molecular formula is C17H17NO3. The van der Waals surface area contributed by atoms with Crippen LogP contribution in [0.25, 0.3) is 6.08 Å². The average molecular weight is 283 g/mol. The first kappa shape index (κ1) is 14.8. The number of anilines is 1. The van der Waals surface area contributed by atoms with Gasteiger partial charge in [0.25, 0.3) is 0 Å². The minimum absolute atomic E-state index is 0.00248. The summed E-state index contributed by atoms with van der Waals surface area (Å²) in [4.78, 5) is 22.9. The van der Waals surface area contributed by atoms with Gasteiger partial charge in [-0.2, -0.15) is 0 Å². The van der Waals surface area contributed by atoms with E-state index in [0.717, 1.165) is 12.2 Å². The molecule has 108 valence electrons. The summed E-state index contributed by atoms with van der Waals surface area (Å²) in [6.45, 7) is 3.51. The molecule has 0 saturated carbocycles. The predicted molar refractivity (Wildman–Crippen MR) is 82.2 cm³/mol. The van der Waals surface area contributed by atoms with Crippen molar-refractivity contribution in [3.8, 4) is 0 Å². The zero-order chi connectivity index (χ0) is 15.2. The number of carbonyl (C=O) groups is 2. The highest BCUT2D eigenvalue weighted by molar-refractivity contribution is 6.02. The number of carbonyl (C=O) groups excluding carboxylic acids is 2. The first-order valence-electron chi connectivity index (χ1n) is 6.77. The Balaban J connectivity index is 1.96. The molecule has 0 saturated heterocycles. The standard InChI is InChI=1S/C17H17NO3/c1-3-15-8-9-16(21-15)10-11-17(20)18-14-6-4-13(5-7-14)12(2)19/h4-11H,3H2,1-2H3,(H,18,20)/b11-10+. The maximum atomic E-state index is 11.8. The third-order valence-corrected chi connectivity index (χ3v) is 2.99. The van der Waals surface area contributed by atoms with Crippen molar-refractivity contribution in [3.63, 3.8) is 0 Å². The number of hydrogen-bond acceptors (Lipinski definition) is 3. The molecule has 0 aliphatic rings. The van der Waals surface area contributed by atoms with Gasteiger partial charge in [-0.3, -0.25) is 9.59 Å². The number of nitrogens with one attached hydrogen (secondary N) is 1. The van der Waals surface area contributed by atoms with Crippen LogP contribution in [0.5, 0.6) is 0 Å². The molecule has 0 atom stereocenters. The maximum Gasteiger partial charge on any atom is 0.248 e. The number of ketones is 1. The van der Waals surface area contributed by atoms with Gasteiger partial charge in [-0.25, -0.2) is 0 Å². The third kappa shape index (κ3) is 4.18. The van der Waals surface area contributed by atoms with Crippen molar-refractivity contribution >= 4 is 23.5 Å². The van der Waals surface area contributed by atoms with E-state index in [2.05, 4.69) is 5.32 Å². The summed E-state index contributed by atoms with van der Waals surface area (Å²) >= 11 is 0. The van der Waals surface area contributed by atoms with Gasteiger partial charge in [0.2, 0.25) is 5.91 Å². The summed E-state index contributed by atoms with van der Waals surface area (Å²) < 4.78 is 5.47. The van der Waals surface area contributed by atoms with Crippen molar-refractivity contribution in [1.82, 2.24) is 0 Å². The molecule has 1 amide bonds. The summed E-state index contributed by atoms with van der Waals surface area (Å²) in [5, 5.41) is 2.72. The molecule has 0 spiro atoms. The summed E-state index contributed by atoms with van der Waals surface area (Å²) in [7, 11) is 0. The Labute approximate surface area is 123 Å². The van der Waals surface area contributed by atoms with Crippen LogP contribution in [-0.4, -0.2) is 11.7 Å². The number of Topliss-reactive ketones (excluding diaryl/α,β-unsaturated/α-hetero) is 1. The highest BCUT2D eigenvalue weighted by atomic mass is 16.3. The quantitative estimate of drug-likeness (QED) is 0.672.